The molecule has 2 rings (SSSR count). The van der Waals surface area contributed by atoms with Gasteiger partial charge in [0.05, 0.1) is 4.90 Å². The molecule has 1 atom stereocenters. The number of nitrogens with zero attached hydrogens (tertiary/aromatic N) is 2. The van der Waals surface area contributed by atoms with Crippen LogP contribution in [0, 0.1) is 5.92 Å². The van der Waals surface area contributed by atoms with Crippen LogP contribution in [0.15, 0.2) is 29.2 Å². The van der Waals surface area contributed by atoms with E-state index in [0.29, 0.717) is 18.2 Å². The Kier molecular flexibility index (Phi) is 6.77. The number of rotatable bonds is 6. The minimum Gasteiger partial charge on any atom is -0.338 e. The first-order valence-corrected chi connectivity index (χ1v) is 9.87. The molecule has 1 saturated heterocycles. The molecular weight excluding hydrogens is 342 g/mol. The van der Waals surface area contributed by atoms with Crippen LogP contribution in [0.2, 0.25) is 0 Å². The Balaban J connectivity index is 1.77. The second-order valence-corrected chi connectivity index (χ2v) is 8.18. The molecule has 1 aromatic rings. The predicted octanol–water partition coefficient (Wildman–Crippen LogP) is 0.339. The number of nitrogens with one attached hydrogen (secondary N) is 2. The Bertz CT molecular complexity index is 687. The molecule has 0 radical (unpaired) electrons. The van der Waals surface area contributed by atoms with E-state index in [1.807, 2.05) is 0 Å². The van der Waals surface area contributed by atoms with Crippen LogP contribution in [0.1, 0.15) is 6.92 Å². The molecule has 0 saturated carbocycles. The van der Waals surface area contributed by atoms with Crippen molar-refractivity contribution < 1.29 is 13.2 Å². The average Bonchev–Trinajstić information content (AvgIpc) is 2.55. The number of carbonyl (C=O) groups is 1. The number of primary sulfonamides is 1. The summed E-state index contributed by atoms with van der Waals surface area (Å²) >= 11 is 0. The van der Waals surface area contributed by atoms with Crippen LogP contribution in [-0.4, -0.2) is 70.6 Å². The van der Waals surface area contributed by atoms with Crippen molar-refractivity contribution in [3.8, 4) is 0 Å². The molecule has 1 heterocycles. The number of amides is 2. The van der Waals surface area contributed by atoms with E-state index >= 15 is 0 Å². The van der Waals surface area contributed by atoms with Crippen LogP contribution in [0.3, 0.4) is 0 Å². The van der Waals surface area contributed by atoms with Crippen LogP contribution in [0.5, 0.6) is 0 Å². The third kappa shape index (κ3) is 6.62. The monoisotopic (exact) mass is 369 g/mol. The van der Waals surface area contributed by atoms with Gasteiger partial charge in [-0.25, -0.2) is 18.4 Å². The molecule has 4 N–H and O–H groups in total. The number of anilines is 1. The largest absolute Gasteiger partial charge is 0.338 e. The molecule has 2 amide bonds. The fourth-order valence-corrected chi connectivity index (χ4v) is 3.29. The molecule has 0 spiro atoms. The first-order valence-electron chi connectivity index (χ1n) is 8.32. The lowest BCUT2D eigenvalue weighted by atomic mass is 10.1. The molecule has 1 aromatic carbocycles. The number of piperazine rings is 1. The molecular formula is C16H27N5O3S. The first kappa shape index (κ1) is 19.6. The highest BCUT2D eigenvalue weighted by molar-refractivity contribution is 7.89. The molecule has 0 aliphatic carbocycles. The zero-order valence-corrected chi connectivity index (χ0v) is 15.6. The van der Waals surface area contributed by atoms with Crippen LogP contribution in [0.25, 0.3) is 0 Å². The molecule has 0 aromatic heterocycles. The highest BCUT2D eigenvalue weighted by Crippen LogP contribution is 2.14. The van der Waals surface area contributed by atoms with E-state index in [9.17, 15) is 13.2 Å². The zero-order valence-electron chi connectivity index (χ0n) is 14.7. The lowest BCUT2D eigenvalue weighted by Gasteiger charge is -2.33. The minimum absolute atomic E-state index is 0.0336. The van der Waals surface area contributed by atoms with Crippen LogP contribution >= 0.6 is 0 Å². The third-order valence-electron chi connectivity index (χ3n) is 4.20. The molecule has 1 fully saturated rings. The molecule has 1 aliphatic rings. The van der Waals surface area contributed by atoms with Gasteiger partial charge in [-0.2, -0.15) is 0 Å². The maximum absolute atomic E-state index is 12.0. The number of carbonyl (C=O) groups excluding carboxylic acids is 1. The number of likely N-dealkylation sites (N-methyl/N-ethyl adjacent to an activating group) is 1. The fraction of sp³-hybridized carbons (Fsp3) is 0.562. The van der Waals surface area contributed by atoms with E-state index in [2.05, 4.69) is 34.4 Å². The summed E-state index contributed by atoms with van der Waals surface area (Å²) in [5.41, 5.74) is 0.385. The predicted molar refractivity (Wildman–Crippen MR) is 97.9 cm³/mol. The normalized spacial score (nSPS) is 17.9. The van der Waals surface area contributed by atoms with Crippen molar-refractivity contribution in [3.05, 3.63) is 24.3 Å². The molecule has 140 valence electrons. The lowest BCUT2D eigenvalue weighted by Crippen LogP contribution is -2.47. The zero-order chi connectivity index (χ0) is 18.4. The summed E-state index contributed by atoms with van der Waals surface area (Å²) in [6.45, 7) is 7.82. The summed E-state index contributed by atoms with van der Waals surface area (Å²) in [6, 6.07) is 5.50. The summed E-state index contributed by atoms with van der Waals surface area (Å²) in [5, 5.41) is 10.5. The highest BCUT2D eigenvalue weighted by atomic mass is 32.2. The van der Waals surface area contributed by atoms with Gasteiger partial charge in [-0.3, -0.25) is 0 Å². The van der Waals surface area contributed by atoms with E-state index in [1.54, 1.807) is 6.07 Å². The van der Waals surface area contributed by atoms with E-state index < -0.39 is 10.0 Å². The molecule has 1 unspecified atom stereocenters. The standard InChI is InChI=1S/C16H27N5O3S/c1-13(12-21-8-6-20(2)7-9-21)11-18-16(22)19-14-4-3-5-15(10-14)25(17,23)24/h3-5,10,13H,6-9,11-12H2,1-2H3,(H2,17,23,24)(H2,18,19,22). The van der Waals surface area contributed by atoms with Crippen LogP contribution in [-0.2, 0) is 10.0 Å². The van der Waals surface area contributed by atoms with Crippen molar-refractivity contribution in [2.75, 3.05) is 51.6 Å². The molecule has 0 bridgehead atoms. The number of hydrogen-bond donors (Lipinski definition) is 3. The van der Waals surface area contributed by atoms with Crippen molar-refractivity contribution >= 4 is 21.7 Å². The fourth-order valence-electron chi connectivity index (χ4n) is 2.73. The summed E-state index contributed by atoms with van der Waals surface area (Å²) < 4.78 is 22.7. The molecule has 1 aliphatic heterocycles. The Morgan fingerprint density at radius 1 is 1.28 bits per heavy atom. The smallest absolute Gasteiger partial charge is 0.319 e. The van der Waals surface area contributed by atoms with E-state index in [4.69, 9.17) is 5.14 Å². The Labute approximate surface area is 149 Å². The SMILES string of the molecule is CC(CNC(=O)Nc1cccc(S(N)(=O)=O)c1)CN1CCN(C)CC1. The van der Waals surface area contributed by atoms with Crippen LogP contribution in [0.4, 0.5) is 10.5 Å². The topological polar surface area (TPSA) is 108 Å². The van der Waals surface area contributed by atoms with Crippen molar-refractivity contribution in [2.24, 2.45) is 11.1 Å². The molecule has 8 nitrogen and oxygen atoms in total. The Morgan fingerprint density at radius 3 is 2.60 bits per heavy atom. The quantitative estimate of drug-likeness (QED) is 0.670. The second kappa shape index (κ2) is 8.61. The minimum atomic E-state index is -3.79. The van der Waals surface area contributed by atoms with Gasteiger partial charge < -0.3 is 20.4 Å². The van der Waals surface area contributed by atoms with Gasteiger partial charge >= 0.3 is 6.03 Å². The Hall–Kier alpha value is -1.68. The van der Waals surface area contributed by atoms with Crippen molar-refractivity contribution in [3.63, 3.8) is 0 Å². The maximum Gasteiger partial charge on any atom is 0.319 e. The van der Waals surface area contributed by atoms with Gasteiger partial charge in [-0.1, -0.05) is 13.0 Å². The lowest BCUT2D eigenvalue weighted by molar-refractivity contribution is 0.138. The number of benzene rings is 1. The summed E-state index contributed by atoms with van der Waals surface area (Å²) in [7, 11) is -1.67. The van der Waals surface area contributed by atoms with E-state index in [-0.39, 0.29) is 10.9 Å². The van der Waals surface area contributed by atoms with E-state index in [0.717, 1.165) is 32.7 Å². The van der Waals surface area contributed by atoms with E-state index in [1.165, 1.54) is 18.2 Å². The summed E-state index contributed by atoms with van der Waals surface area (Å²) in [6.07, 6.45) is 0. The van der Waals surface area contributed by atoms with Gasteiger partial charge in [0.1, 0.15) is 0 Å². The number of sulfonamides is 1. The molecule has 9 heteroatoms. The number of urea groups is 1. The first-order chi connectivity index (χ1) is 11.7. The number of hydrogen-bond acceptors (Lipinski definition) is 5. The summed E-state index contributed by atoms with van der Waals surface area (Å²) in [5.74, 6) is 0.324. The average molecular weight is 369 g/mol. The maximum atomic E-state index is 12.0. The van der Waals surface area contributed by atoms with Crippen LogP contribution < -0.4 is 15.8 Å². The van der Waals surface area contributed by atoms with Crippen molar-refractivity contribution in [1.29, 1.82) is 0 Å². The van der Waals surface area contributed by atoms with Gasteiger partial charge in [-0.05, 0) is 31.2 Å². The third-order valence-corrected chi connectivity index (χ3v) is 5.11. The van der Waals surface area contributed by atoms with Gasteiger partial charge in [0.25, 0.3) is 0 Å². The highest BCUT2D eigenvalue weighted by Gasteiger charge is 2.16. The number of nitrogens with two attached hydrogens (primary N) is 1. The molecule has 25 heavy (non-hydrogen) atoms. The summed E-state index contributed by atoms with van der Waals surface area (Å²) in [4.78, 5) is 16.7. The van der Waals surface area contributed by atoms with Crippen molar-refractivity contribution in [1.82, 2.24) is 15.1 Å². The van der Waals surface area contributed by atoms with Gasteiger partial charge in [0.2, 0.25) is 10.0 Å². The Morgan fingerprint density at radius 2 is 1.96 bits per heavy atom. The van der Waals surface area contributed by atoms with Gasteiger partial charge in [0.15, 0.2) is 0 Å². The van der Waals surface area contributed by atoms with Gasteiger partial charge in [0, 0.05) is 45.0 Å². The van der Waals surface area contributed by atoms with Crippen molar-refractivity contribution in [2.45, 2.75) is 11.8 Å². The van der Waals surface area contributed by atoms with Gasteiger partial charge in [-0.15, -0.1) is 0 Å². The second-order valence-electron chi connectivity index (χ2n) is 6.62.